The van der Waals surface area contributed by atoms with Crippen LogP contribution < -0.4 is 10.6 Å². The van der Waals surface area contributed by atoms with E-state index in [0.29, 0.717) is 0 Å². The third-order valence-electron chi connectivity index (χ3n) is 6.58. The van der Waals surface area contributed by atoms with Crippen molar-refractivity contribution in [1.29, 1.82) is 0 Å². The second kappa shape index (κ2) is 8.66. The largest absolute Gasteiger partial charge is 0.399 e. The molecule has 0 amide bonds. The van der Waals surface area contributed by atoms with Gasteiger partial charge in [0.2, 0.25) is 0 Å². The van der Waals surface area contributed by atoms with Gasteiger partial charge >= 0.3 is 0 Å². The summed E-state index contributed by atoms with van der Waals surface area (Å²) in [7, 11) is 0. The van der Waals surface area contributed by atoms with Gasteiger partial charge < -0.3 is 20.4 Å². The van der Waals surface area contributed by atoms with Crippen molar-refractivity contribution >= 4 is 22.4 Å². The van der Waals surface area contributed by atoms with E-state index >= 15 is 0 Å². The summed E-state index contributed by atoms with van der Waals surface area (Å²) in [5.41, 5.74) is 11.0. The van der Waals surface area contributed by atoms with E-state index in [1.54, 1.807) is 0 Å². The first-order valence-corrected chi connectivity index (χ1v) is 11.2. The molecule has 0 radical (unpaired) electrons. The number of benzene rings is 2. The molecule has 5 rings (SSSR count). The fraction of sp³-hybridized carbons (Fsp3) is 0.458. The van der Waals surface area contributed by atoms with Crippen LogP contribution in [0.1, 0.15) is 19.3 Å². The minimum atomic E-state index is 0.740. The van der Waals surface area contributed by atoms with Crippen LogP contribution in [0.2, 0.25) is 0 Å². The number of aromatic amines is 1. The molecule has 6 heteroatoms. The number of fused-ring (bicyclic) bond motifs is 1. The zero-order valence-electron chi connectivity index (χ0n) is 17.5. The molecule has 0 spiro atoms. The molecule has 0 unspecified atom stereocenters. The number of aromatic nitrogens is 2. The van der Waals surface area contributed by atoms with Crippen LogP contribution in [0.4, 0.5) is 11.4 Å². The van der Waals surface area contributed by atoms with Crippen LogP contribution in [0, 0.1) is 5.92 Å². The lowest BCUT2D eigenvalue weighted by molar-refractivity contribution is 0.0349. The molecule has 3 N–H and O–H groups in total. The molecule has 0 saturated carbocycles. The van der Waals surface area contributed by atoms with Crippen LogP contribution >= 0.6 is 0 Å². The van der Waals surface area contributed by atoms with Gasteiger partial charge in [0.25, 0.3) is 0 Å². The van der Waals surface area contributed by atoms with Crippen molar-refractivity contribution in [1.82, 2.24) is 14.9 Å². The van der Waals surface area contributed by atoms with E-state index in [4.69, 9.17) is 15.5 Å². The number of nitrogen functional groups attached to an aromatic ring is 1. The Bertz CT molecular complexity index is 969. The average molecular weight is 406 g/mol. The maximum atomic E-state index is 5.87. The molecule has 2 fully saturated rings. The van der Waals surface area contributed by atoms with E-state index in [1.165, 1.54) is 31.5 Å². The third-order valence-corrected chi connectivity index (χ3v) is 6.58. The predicted molar refractivity (Wildman–Crippen MR) is 123 cm³/mol. The summed E-state index contributed by atoms with van der Waals surface area (Å²) in [5, 5.41) is 0. The summed E-state index contributed by atoms with van der Waals surface area (Å²) in [4.78, 5) is 13.2. The molecule has 2 saturated heterocycles. The van der Waals surface area contributed by atoms with Crippen LogP contribution in [0.3, 0.4) is 0 Å². The van der Waals surface area contributed by atoms with E-state index < -0.39 is 0 Å². The number of piperidine rings is 1. The van der Waals surface area contributed by atoms with E-state index in [0.717, 1.165) is 73.4 Å². The normalized spacial score (nSPS) is 18.9. The number of nitrogens with zero attached hydrogens (tertiary/aromatic N) is 3. The Kier molecular flexibility index (Phi) is 5.60. The first-order valence-electron chi connectivity index (χ1n) is 11.2. The highest BCUT2D eigenvalue weighted by Crippen LogP contribution is 2.28. The number of hydrogen-bond acceptors (Lipinski definition) is 5. The Morgan fingerprint density at radius 1 is 1.00 bits per heavy atom. The Labute approximate surface area is 178 Å². The van der Waals surface area contributed by atoms with E-state index in [9.17, 15) is 0 Å². The molecule has 6 nitrogen and oxygen atoms in total. The van der Waals surface area contributed by atoms with Gasteiger partial charge in [0.1, 0.15) is 5.82 Å². The molecule has 158 valence electrons. The molecule has 2 aliphatic rings. The predicted octanol–water partition coefficient (Wildman–Crippen LogP) is 3.75. The van der Waals surface area contributed by atoms with E-state index in [-0.39, 0.29) is 0 Å². The summed E-state index contributed by atoms with van der Waals surface area (Å²) >= 11 is 0. The molecule has 3 heterocycles. The number of imidazole rings is 1. The third kappa shape index (κ3) is 4.30. The van der Waals surface area contributed by atoms with Crippen molar-refractivity contribution in [2.45, 2.75) is 19.3 Å². The first-order chi connectivity index (χ1) is 14.7. The van der Waals surface area contributed by atoms with Crippen molar-refractivity contribution in [3.63, 3.8) is 0 Å². The van der Waals surface area contributed by atoms with Gasteiger partial charge in [-0.25, -0.2) is 4.98 Å². The maximum absolute atomic E-state index is 5.87. The molecule has 0 bridgehead atoms. The molecule has 30 heavy (non-hydrogen) atoms. The lowest BCUT2D eigenvalue weighted by atomic mass is 9.93. The van der Waals surface area contributed by atoms with Gasteiger partial charge in [-0.2, -0.15) is 0 Å². The smallest absolute Gasteiger partial charge is 0.138 e. The van der Waals surface area contributed by atoms with Crippen molar-refractivity contribution in [2.75, 3.05) is 56.6 Å². The number of H-pyrrole nitrogens is 1. The van der Waals surface area contributed by atoms with Gasteiger partial charge in [-0.05, 0) is 74.2 Å². The highest BCUT2D eigenvalue weighted by atomic mass is 16.5. The number of nitrogens with one attached hydrogen (secondary N) is 1. The second-order valence-corrected chi connectivity index (χ2v) is 8.58. The Balaban J connectivity index is 1.17. The monoisotopic (exact) mass is 405 g/mol. The molecular weight excluding hydrogens is 374 g/mol. The van der Waals surface area contributed by atoms with Crippen LogP contribution in [-0.4, -0.2) is 60.8 Å². The van der Waals surface area contributed by atoms with Crippen LogP contribution in [0.5, 0.6) is 0 Å². The summed E-state index contributed by atoms with van der Waals surface area (Å²) in [6.45, 7) is 7.53. The van der Waals surface area contributed by atoms with Crippen LogP contribution in [0.25, 0.3) is 22.4 Å². The number of hydrogen-bond donors (Lipinski definition) is 2. The maximum Gasteiger partial charge on any atom is 0.138 e. The van der Waals surface area contributed by atoms with Crippen LogP contribution in [0.15, 0.2) is 42.5 Å². The van der Waals surface area contributed by atoms with Crippen molar-refractivity contribution < 1.29 is 4.74 Å². The van der Waals surface area contributed by atoms with Gasteiger partial charge in [-0.3, -0.25) is 4.90 Å². The zero-order chi connectivity index (χ0) is 20.3. The summed E-state index contributed by atoms with van der Waals surface area (Å²) < 4.78 is 5.45. The topological polar surface area (TPSA) is 70.4 Å². The zero-order valence-corrected chi connectivity index (χ0v) is 17.5. The Morgan fingerprint density at radius 3 is 2.53 bits per heavy atom. The van der Waals surface area contributed by atoms with Gasteiger partial charge in [-0.1, -0.05) is 0 Å². The quantitative estimate of drug-likeness (QED) is 0.633. The molecule has 0 atom stereocenters. The fourth-order valence-corrected chi connectivity index (χ4v) is 4.66. The standard InChI is InChI=1S/C24H31N5O/c25-20-3-6-22-23(17-20)27-24(26-22)19-1-4-21(5-2-19)29-11-8-18(9-12-29)7-10-28-13-15-30-16-14-28/h1-6,17-18H,7-16,25H2,(H,26,27). The SMILES string of the molecule is Nc1ccc2[nH]c(-c3ccc(N4CCC(CCN5CCOCC5)CC4)cc3)nc2c1. The first kappa shape index (κ1) is 19.4. The molecule has 3 aromatic rings. The Hall–Kier alpha value is -2.57. The highest BCUT2D eigenvalue weighted by Gasteiger charge is 2.21. The number of nitrogens with two attached hydrogens (primary N) is 1. The van der Waals surface area contributed by atoms with Gasteiger partial charge in [0.05, 0.1) is 24.2 Å². The second-order valence-electron chi connectivity index (χ2n) is 8.58. The van der Waals surface area contributed by atoms with Crippen molar-refractivity contribution in [2.24, 2.45) is 5.92 Å². The molecule has 0 aliphatic carbocycles. The van der Waals surface area contributed by atoms with E-state index in [2.05, 4.69) is 39.0 Å². The lowest BCUT2D eigenvalue weighted by Gasteiger charge is -2.35. The minimum Gasteiger partial charge on any atom is -0.399 e. The van der Waals surface area contributed by atoms with E-state index in [1.807, 2.05) is 18.2 Å². The van der Waals surface area contributed by atoms with Gasteiger partial charge in [-0.15, -0.1) is 0 Å². The Morgan fingerprint density at radius 2 is 1.77 bits per heavy atom. The number of morpholine rings is 1. The molecule has 1 aromatic heterocycles. The summed E-state index contributed by atoms with van der Waals surface area (Å²) in [6.07, 6.45) is 3.90. The summed E-state index contributed by atoms with van der Waals surface area (Å²) in [6, 6.07) is 14.6. The van der Waals surface area contributed by atoms with Gasteiger partial charge in [0.15, 0.2) is 0 Å². The van der Waals surface area contributed by atoms with Crippen molar-refractivity contribution in [3.8, 4) is 11.4 Å². The van der Waals surface area contributed by atoms with Crippen molar-refractivity contribution in [3.05, 3.63) is 42.5 Å². The fourth-order valence-electron chi connectivity index (χ4n) is 4.66. The molecule has 2 aromatic carbocycles. The number of ether oxygens (including phenoxy) is 1. The minimum absolute atomic E-state index is 0.740. The van der Waals surface area contributed by atoms with Gasteiger partial charge in [0, 0.05) is 43.1 Å². The van der Waals surface area contributed by atoms with Crippen LogP contribution in [-0.2, 0) is 4.74 Å². The molecular formula is C24H31N5O. The number of rotatable bonds is 5. The average Bonchev–Trinajstić information content (AvgIpc) is 3.22. The highest BCUT2D eigenvalue weighted by molar-refractivity contribution is 5.82. The number of anilines is 2. The summed E-state index contributed by atoms with van der Waals surface area (Å²) in [5.74, 6) is 1.75. The lowest BCUT2D eigenvalue weighted by Crippen LogP contribution is -2.39. The molecule has 2 aliphatic heterocycles.